The number of carbonyl (C=O) groups excluding carboxylic acids is 1. The molecule has 0 spiro atoms. The van der Waals surface area contributed by atoms with Gasteiger partial charge in [0, 0.05) is 31.6 Å². The second kappa shape index (κ2) is 15.4. The van der Waals surface area contributed by atoms with Gasteiger partial charge in [-0.15, -0.1) is 0 Å². The Hall–Kier alpha value is -5.46. The van der Waals surface area contributed by atoms with Crippen molar-refractivity contribution in [1.82, 2.24) is 5.32 Å². The van der Waals surface area contributed by atoms with E-state index < -0.39 is 11.6 Å². The molecule has 0 bridgehead atoms. The highest BCUT2D eigenvalue weighted by atomic mass is 16.5. The van der Waals surface area contributed by atoms with Gasteiger partial charge in [0.2, 0.25) is 5.90 Å². The minimum atomic E-state index is -1.28. The largest absolute Gasteiger partial charge is 0.494 e. The molecule has 1 amide bonds. The molecular weight excluding hydrogens is 596 g/mol. The van der Waals surface area contributed by atoms with Gasteiger partial charge in [-0.3, -0.25) is 4.79 Å². The maximum absolute atomic E-state index is 14.5. The minimum absolute atomic E-state index is 0.0726. The van der Waals surface area contributed by atoms with Gasteiger partial charge in [0.05, 0.1) is 6.61 Å². The van der Waals surface area contributed by atoms with E-state index in [4.69, 9.17) is 19.6 Å². The molecule has 6 nitrogen and oxygen atoms in total. The molecule has 0 fully saturated rings. The fourth-order valence-corrected chi connectivity index (χ4v) is 5.89. The topological polar surface area (TPSA) is 80.2 Å². The Labute approximate surface area is 282 Å². The van der Waals surface area contributed by atoms with Crippen LogP contribution in [0.4, 0.5) is 0 Å². The number of amides is 1. The first-order valence-electron chi connectivity index (χ1n) is 16.4. The zero-order chi connectivity index (χ0) is 33.2. The van der Waals surface area contributed by atoms with E-state index in [9.17, 15) is 4.79 Å². The Morgan fingerprint density at radius 3 is 2.25 bits per heavy atom. The van der Waals surface area contributed by atoms with Gasteiger partial charge >= 0.3 is 0 Å². The quantitative estimate of drug-likeness (QED) is 0.128. The summed E-state index contributed by atoms with van der Waals surface area (Å²) in [6.45, 7) is 2.91. The Balaban J connectivity index is 1.38. The van der Waals surface area contributed by atoms with Gasteiger partial charge in [0.1, 0.15) is 5.75 Å². The standard InChI is InChI=1S/C42H40N2O4/c1-31-11-8-14-33(29-31)30-43-41(46)42(26-9-15-32-12-4-2-5-13-32)39(36-20-18-35(19-21-36)34-16-6-3-7-17-34)48-40(44-42)37-22-24-38(25-23-37)47-28-10-27-45/h2-9,11-25,29,39,45H,10,26-28,30H2,1H3,(H,43,46)/b15-9+/t39-,42-/m1/s1. The maximum Gasteiger partial charge on any atom is 0.252 e. The smallest absolute Gasteiger partial charge is 0.252 e. The second-order valence-corrected chi connectivity index (χ2v) is 12.0. The first-order valence-corrected chi connectivity index (χ1v) is 16.4. The molecule has 0 saturated carbocycles. The third kappa shape index (κ3) is 7.73. The fraction of sp³-hybridized carbons (Fsp3) is 0.190. The molecule has 6 rings (SSSR count). The van der Waals surface area contributed by atoms with Crippen molar-refractivity contribution in [3.05, 3.63) is 167 Å². The number of hydrogen-bond donors (Lipinski definition) is 2. The van der Waals surface area contributed by atoms with Gasteiger partial charge in [0.15, 0.2) is 11.6 Å². The number of nitrogens with zero attached hydrogens (tertiary/aromatic N) is 1. The summed E-state index contributed by atoms with van der Waals surface area (Å²) in [5, 5.41) is 12.3. The molecule has 48 heavy (non-hydrogen) atoms. The van der Waals surface area contributed by atoms with Crippen LogP contribution < -0.4 is 10.1 Å². The number of benzene rings is 5. The van der Waals surface area contributed by atoms with Crippen molar-refractivity contribution in [2.24, 2.45) is 4.99 Å². The molecule has 2 atom stereocenters. The van der Waals surface area contributed by atoms with Crippen LogP contribution in [0, 0.1) is 6.92 Å². The van der Waals surface area contributed by atoms with Crippen molar-refractivity contribution < 1.29 is 19.4 Å². The Bertz CT molecular complexity index is 1850. The predicted octanol–water partition coefficient (Wildman–Crippen LogP) is 8.10. The first kappa shape index (κ1) is 32.5. The van der Waals surface area contributed by atoms with Gasteiger partial charge in [-0.1, -0.05) is 127 Å². The van der Waals surface area contributed by atoms with Gasteiger partial charge in [-0.05, 0) is 59.0 Å². The van der Waals surface area contributed by atoms with Crippen LogP contribution in [-0.4, -0.2) is 35.7 Å². The third-order valence-electron chi connectivity index (χ3n) is 8.42. The number of aliphatic hydroxyl groups is 1. The zero-order valence-corrected chi connectivity index (χ0v) is 27.1. The van der Waals surface area contributed by atoms with Crippen molar-refractivity contribution in [3.63, 3.8) is 0 Å². The van der Waals surface area contributed by atoms with Crippen molar-refractivity contribution in [3.8, 4) is 16.9 Å². The van der Waals surface area contributed by atoms with Crippen LogP contribution >= 0.6 is 0 Å². The molecule has 1 aliphatic rings. The SMILES string of the molecule is Cc1cccc(CNC(=O)[C@]2(C/C=C/c3ccccc3)N=C(c3ccc(OCCCO)cc3)O[C@@H]2c2ccc(-c3ccccc3)cc2)c1. The summed E-state index contributed by atoms with van der Waals surface area (Å²) in [5.41, 5.74) is 5.70. The monoisotopic (exact) mass is 636 g/mol. The fourth-order valence-electron chi connectivity index (χ4n) is 5.89. The lowest BCUT2D eigenvalue weighted by Crippen LogP contribution is -2.47. The van der Waals surface area contributed by atoms with Crippen LogP contribution in [0.3, 0.4) is 0 Å². The molecule has 5 aromatic rings. The number of carbonyl (C=O) groups is 1. The number of aliphatic hydroxyl groups excluding tert-OH is 1. The lowest BCUT2D eigenvalue weighted by atomic mass is 9.83. The summed E-state index contributed by atoms with van der Waals surface area (Å²) in [6, 6.07) is 44.1. The zero-order valence-electron chi connectivity index (χ0n) is 27.1. The van der Waals surface area contributed by atoms with E-state index in [0.717, 1.165) is 38.9 Å². The summed E-state index contributed by atoms with van der Waals surface area (Å²) >= 11 is 0. The average Bonchev–Trinajstić information content (AvgIpc) is 3.52. The third-order valence-corrected chi connectivity index (χ3v) is 8.42. The van der Waals surface area contributed by atoms with Crippen molar-refractivity contribution in [1.29, 1.82) is 0 Å². The van der Waals surface area contributed by atoms with Crippen LogP contribution in [-0.2, 0) is 16.1 Å². The van der Waals surface area contributed by atoms with Gasteiger partial charge < -0.3 is 19.9 Å². The van der Waals surface area contributed by atoms with Crippen LogP contribution in [0.5, 0.6) is 5.75 Å². The number of nitrogens with one attached hydrogen (secondary N) is 1. The molecule has 5 aromatic carbocycles. The summed E-state index contributed by atoms with van der Waals surface area (Å²) in [6.07, 6.45) is 4.23. The number of hydrogen-bond acceptors (Lipinski definition) is 5. The molecule has 2 N–H and O–H groups in total. The molecule has 242 valence electrons. The lowest BCUT2D eigenvalue weighted by Gasteiger charge is -2.30. The van der Waals surface area contributed by atoms with E-state index >= 15 is 0 Å². The van der Waals surface area contributed by atoms with Crippen LogP contribution in [0.2, 0.25) is 0 Å². The number of rotatable bonds is 13. The van der Waals surface area contributed by atoms with Gasteiger partial charge in [0.25, 0.3) is 5.91 Å². The van der Waals surface area contributed by atoms with E-state index in [1.54, 1.807) is 0 Å². The lowest BCUT2D eigenvalue weighted by molar-refractivity contribution is -0.129. The molecule has 0 unspecified atom stereocenters. The highest BCUT2D eigenvalue weighted by Crippen LogP contribution is 2.43. The predicted molar refractivity (Wildman–Crippen MR) is 192 cm³/mol. The van der Waals surface area contributed by atoms with Crippen molar-refractivity contribution in [2.75, 3.05) is 13.2 Å². The van der Waals surface area contributed by atoms with E-state index in [-0.39, 0.29) is 12.5 Å². The minimum Gasteiger partial charge on any atom is -0.494 e. The van der Waals surface area contributed by atoms with Crippen LogP contribution in [0.15, 0.2) is 145 Å². The highest BCUT2D eigenvalue weighted by molar-refractivity contribution is 6.01. The Morgan fingerprint density at radius 1 is 0.854 bits per heavy atom. The molecule has 1 aliphatic heterocycles. The van der Waals surface area contributed by atoms with Gasteiger partial charge in [-0.25, -0.2) is 4.99 Å². The van der Waals surface area contributed by atoms with E-state index in [0.29, 0.717) is 37.6 Å². The van der Waals surface area contributed by atoms with E-state index in [2.05, 4.69) is 35.6 Å². The summed E-state index contributed by atoms with van der Waals surface area (Å²) in [4.78, 5) is 19.7. The summed E-state index contributed by atoms with van der Waals surface area (Å²) < 4.78 is 12.5. The van der Waals surface area contributed by atoms with Crippen LogP contribution in [0.1, 0.15) is 46.8 Å². The average molecular weight is 637 g/mol. The molecule has 0 saturated heterocycles. The number of ether oxygens (including phenoxy) is 2. The van der Waals surface area contributed by atoms with Crippen molar-refractivity contribution in [2.45, 2.75) is 38.0 Å². The number of aliphatic imine (C=N–C) groups is 1. The van der Waals surface area contributed by atoms with Crippen molar-refractivity contribution >= 4 is 17.9 Å². The number of aryl methyl sites for hydroxylation is 1. The Morgan fingerprint density at radius 2 is 1.54 bits per heavy atom. The first-order chi connectivity index (χ1) is 23.5. The van der Waals surface area contributed by atoms with Gasteiger partial charge in [-0.2, -0.15) is 0 Å². The molecule has 0 radical (unpaired) electrons. The molecule has 0 aromatic heterocycles. The highest BCUT2D eigenvalue weighted by Gasteiger charge is 2.52. The summed E-state index contributed by atoms with van der Waals surface area (Å²) in [7, 11) is 0. The van der Waals surface area contributed by atoms with E-state index in [1.165, 1.54) is 0 Å². The molecule has 1 heterocycles. The summed E-state index contributed by atoms with van der Waals surface area (Å²) in [5.74, 6) is 0.873. The maximum atomic E-state index is 14.5. The van der Waals surface area contributed by atoms with E-state index in [1.807, 2.05) is 122 Å². The molecule has 0 aliphatic carbocycles. The Kier molecular flexibility index (Phi) is 10.4. The molecular formula is C42H40N2O4. The second-order valence-electron chi connectivity index (χ2n) is 12.0. The molecule has 6 heteroatoms. The van der Waals surface area contributed by atoms with Crippen LogP contribution in [0.25, 0.3) is 17.2 Å². The normalized spacial score (nSPS) is 17.1.